The van der Waals surface area contributed by atoms with Crippen LogP contribution in [-0.4, -0.2) is 19.9 Å². The molecule has 4 rings (SSSR count). The van der Waals surface area contributed by atoms with Crippen LogP contribution in [0.4, 0.5) is 0 Å². The van der Waals surface area contributed by atoms with Gasteiger partial charge < -0.3 is 9.97 Å². The summed E-state index contributed by atoms with van der Waals surface area (Å²) in [4.78, 5) is 14.4. The highest BCUT2D eigenvalue weighted by molar-refractivity contribution is 6.31. The van der Waals surface area contributed by atoms with Gasteiger partial charge in [-0.3, -0.25) is 0 Å². The maximum absolute atomic E-state index is 6.16. The Morgan fingerprint density at radius 2 is 1.60 bits per heavy atom. The fraction of sp³-hybridized carbons (Fsp3) is 0.263. The standard InChI is InChI=1S/C19H18Cl2N4/c1-19(8-6-13(7-9-19)16-18(21)25-11-23-16)14-4-2-12(3-5-14)15-17(20)24-10-22-15/h2-6,10-11H,7-9H2,1H3,(H,22,24)(H,23,25). The lowest BCUT2D eigenvalue weighted by atomic mass is 9.71. The van der Waals surface area contributed by atoms with Gasteiger partial charge in [-0.15, -0.1) is 0 Å². The van der Waals surface area contributed by atoms with Crippen LogP contribution in [0.5, 0.6) is 0 Å². The van der Waals surface area contributed by atoms with Crippen molar-refractivity contribution < 1.29 is 0 Å². The Bertz CT molecular complexity index is 923. The lowest BCUT2D eigenvalue weighted by Crippen LogP contribution is -2.24. The van der Waals surface area contributed by atoms with Crippen molar-refractivity contribution in [1.82, 2.24) is 19.9 Å². The second kappa shape index (κ2) is 6.36. The summed E-state index contributed by atoms with van der Waals surface area (Å²) in [7, 11) is 0. The van der Waals surface area contributed by atoms with E-state index in [0.717, 1.165) is 36.2 Å². The first-order chi connectivity index (χ1) is 12.1. The van der Waals surface area contributed by atoms with Crippen molar-refractivity contribution >= 4 is 28.8 Å². The fourth-order valence-electron chi connectivity index (χ4n) is 3.45. The maximum atomic E-state index is 6.16. The zero-order valence-corrected chi connectivity index (χ0v) is 15.3. The van der Waals surface area contributed by atoms with Gasteiger partial charge in [-0.05, 0) is 35.8 Å². The summed E-state index contributed by atoms with van der Waals surface area (Å²) in [6, 6.07) is 8.54. The van der Waals surface area contributed by atoms with E-state index >= 15 is 0 Å². The second-order valence-corrected chi connectivity index (χ2v) is 7.46. The van der Waals surface area contributed by atoms with Gasteiger partial charge >= 0.3 is 0 Å². The molecule has 2 aromatic heterocycles. The Balaban J connectivity index is 1.57. The van der Waals surface area contributed by atoms with Crippen LogP contribution in [0.1, 0.15) is 37.4 Å². The molecule has 2 heterocycles. The van der Waals surface area contributed by atoms with E-state index in [4.69, 9.17) is 23.2 Å². The molecule has 2 N–H and O–H groups in total. The van der Waals surface area contributed by atoms with Gasteiger partial charge in [-0.1, -0.05) is 60.5 Å². The Morgan fingerprint density at radius 1 is 0.960 bits per heavy atom. The van der Waals surface area contributed by atoms with Crippen molar-refractivity contribution in [2.24, 2.45) is 0 Å². The Labute approximate surface area is 156 Å². The quantitative estimate of drug-likeness (QED) is 0.625. The molecule has 4 nitrogen and oxygen atoms in total. The number of H-pyrrole nitrogens is 2. The van der Waals surface area contributed by atoms with E-state index in [1.165, 1.54) is 11.1 Å². The molecule has 0 saturated heterocycles. The third kappa shape index (κ3) is 3.00. The molecule has 6 heteroatoms. The molecule has 1 aliphatic rings. The van der Waals surface area contributed by atoms with Crippen LogP contribution < -0.4 is 0 Å². The molecule has 0 aliphatic heterocycles. The highest BCUT2D eigenvalue weighted by atomic mass is 35.5. The molecule has 0 bridgehead atoms. The van der Waals surface area contributed by atoms with Gasteiger partial charge in [0.15, 0.2) is 0 Å². The zero-order valence-electron chi connectivity index (χ0n) is 13.8. The number of halogens is 2. The summed E-state index contributed by atoms with van der Waals surface area (Å²) >= 11 is 12.3. The summed E-state index contributed by atoms with van der Waals surface area (Å²) in [5.41, 5.74) is 5.36. The van der Waals surface area contributed by atoms with Gasteiger partial charge in [-0.25, -0.2) is 9.97 Å². The van der Waals surface area contributed by atoms with Gasteiger partial charge in [-0.2, -0.15) is 0 Å². The number of nitrogens with one attached hydrogen (secondary N) is 2. The van der Waals surface area contributed by atoms with Gasteiger partial charge in [0.05, 0.1) is 12.7 Å². The zero-order chi connectivity index (χ0) is 17.4. The molecule has 1 aromatic carbocycles. The molecule has 0 saturated carbocycles. The van der Waals surface area contributed by atoms with Crippen molar-refractivity contribution in [1.29, 1.82) is 0 Å². The SMILES string of the molecule is CC1(c2ccc(-c3nc[nH]c3Cl)cc2)CC=C(c2nc[nH]c2Cl)CC1. The number of imidazole rings is 2. The molecule has 25 heavy (non-hydrogen) atoms. The average molecular weight is 373 g/mol. The predicted molar refractivity (Wildman–Crippen MR) is 102 cm³/mol. The predicted octanol–water partition coefficient (Wildman–Crippen LogP) is 5.63. The van der Waals surface area contributed by atoms with Crippen molar-refractivity contribution in [3.63, 3.8) is 0 Å². The molecule has 0 radical (unpaired) electrons. The third-order valence-corrected chi connectivity index (χ3v) is 5.67. The van der Waals surface area contributed by atoms with Crippen LogP contribution in [0.3, 0.4) is 0 Å². The van der Waals surface area contributed by atoms with E-state index in [2.05, 4.69) is 57.2 Å². The minimum atomic E-state index is 0.111. The molecule has 128 valence electrons. The first kappa shape index (κ1) is 16.4. The Morgan fingerprint density at radius 3 is 2.12 bits per heavy atom. The van der Waals surface area contributed by atoms with Crippen LogP contribution in [0.2, 0.25) is 10.3 Å². The van der Waals surface area contributed by atoms with Crippen LogP contribution in [0, 0.1) is 0 Å². The minimum Gasteiger partial charge on any atom is -0.335 e. The van der Waals surface area contributed by atoms with E-state index in [1.54, 1.807) is 12.7 Å². The molecule has 0 amide bonds. The van der Waals surface area contributed by atoms with Gasteiger partial charge in [0.2, 0.25) is 0 Å². The highest BCUT2D eigenvalue weighted by Gasteiger charge is 2.30. The average Bonchev–Trinajstić information content (AvgIpc) is 3.24. The number of hydrogen-bond acceptors (Lipinski definition) is 2. The molecule has 0 spiro atoms. The summed E-state index contributed by atoms with van der Waals surface area (Å²) in [5, 5.41) is 1.19. The molecular weight excluding hydrogens is 355 g/mol. The van der Waals surface area contributed by atoms with Crippen molar-refractivity contribution in [2.45, 2.75) is 31.6 Å². The number of benzene rings is 1. The van der Waals surface area contributed by atoms with E-state index in [1.807, 2.05) is 0 Å². The third-order valence-electron chi connectivity index (χ3n) is 5.09. The first-order valence-electron chi connectivity index (χ1n) is 8.25. The molecular formula is C19H18Cl2N4. The van der Waals surface area contributed by atoms with Crippen LogP contribution >= 0.6 is 23.2 Å². The lowest BCUT2D eigenvalue weighted by Gasteiger charge is -2.33. The summed E-state index contributed by atoms with van der Waals surface area (Å²) < 4.78 is 0. The Kier molecular flexibility index (Phi) is 4.18. The number of hydrogen-bond donors (Lipinski definition) is 2. The monoisotopic (exact) mass is 372 g/mol. The molecule has 1 unspecified atom stereocenters. The smallest absolute Gasteiger partial charge is 0.134 e. The van der Waals surface area contributed by atoms with Crippen molar-refractivity contribution in [3.8, 4) is 11.3 Å². The molecule has 1 aliphatic carbocycles. The van der Waals surface area contributed by atoms with Crippen LogP contribution in [0.15, 0.2) is 43.0 Å². The lowest BCUT2D eigenvalue weighted by molar-refractivity contribution is 0.433. The number of rotatable bonds is 3. The number of nitrogens with zero attached hydrogens (tertiary/aromatic N) is 2. The van der Waals surface area contributed by atoms with E-state index in [0.29, 0.717) is 10.3 Å². The summed E-state index contributed by atoms with van der Waals surface area (Å²) in [6.07, 6.45) is 8.52. The summed E-state index contributed by atoms with van der Waals surface area (Å²) in [6.45, 7) is 2.31. The minimum absolute atomic E-state index is 0.111. The van der Waals surface area contributed by atoms with Gasteiger partial charge in [0.25, 0.3) is 0 Å². The number of aromatic amines is 2. The first-order valence-corrected chi connectivity index (χ1v) is 9.00. The van der Waals surface area contributed by atoms with E-state index < -0.39 is 0 Å². The van der Waals surface area contributed by atoms with E-state index in [-0.39, 0.29) is 5.41 Å². The van der Waals surface area contributed by atoms with E-state index in [9.17, 15) is 0 Å². The van der Waals surface area contributed by atoms with Crippen molar-refractivity contribution in [2.75, 3.05) is 0 Å². The largest absolute Gasteiger partial charge is 0.335 e. The number of allylic oxidation sites excluding steroid dienone is 2. The normalized spacial score (nSPS) is 20.5. The fourth-order valence-corrected chi connectivity index (χ4v) is 3.88. The summed E-state index contributed by atoms with van der Waals surface area (Å²) in [5.74, 6) is 0. The van der Waals surface area contributed by atoms with Gasteiger partial charge in [0, 0.05) is 5.56 Å². The van der Waals surface area contributed by atoms with Crippen molar-refractivity contribution in [3.05, 3.63) is 64.6 Å². The van der Waals surface area contributed by atoms with Crippen LogP contribution in [-0.2, 0) is 5.41 Å². The topological polar surface area (TPSA) is 57.4 Å². The molecule has 0 fully saturated rings. The highest BCUT2D eigenvalue weighted by Crippen LogP contribution is 2.42. The maximum Gasteiger partial charge on any atom is 0.134 e. The molecule has 1 atom stereocenters. The second-order valence-electron chi connectivity index (χ2n) is 6.70. The van der Waals surface area contributed by atoms with Crippen LogP contribution in [0.25, 0.3) is 16.8 Å². The molecule has 3 aromatic rings. The number of aromatic nitrogens is 4. The Hall–Kier alpha value is -2.04. The van der Waals surface area contributed by atoms with Gasteiger partial charge in [0.1, 0.15) is 21.7 Å².